The summed E-state index contributed by atoms with van der Waals surface area (Å²) in [6.45, 7) is 2.14. The lowest BCUT2D eigenvalue weighted by molar-refractivity contribution is -0.185. The molecule has 8 nitrogen and oxygen atoms in total. The molecule has 0 aliphatic rings. The number of unbranched alkanes of at least 4 members (excludes halogenated alkanes) is 7. The average Bonchev–Trinajstić information content (AvgIpc) is 2.65. The molecule has 0 heterocycles. The number of carboxylic acids is 1. The minimum absolute atomic E-state index is 0.327. The van der Waals surface area contributed by atoms with E-state index in [1.165, 1.54) is 12.5 Å². The van der Waals surface area contributed by atoms with Gasteiger partial charge in [0.05, 0.1) is 0 Å². The number of aliphatic carboxylic acids is 1. The molecule has 0 aromatic carbocycles. The molecule has 0 fully saturated rings. The molecule has 28 heavy (non-hydrogen) atoms. The summed E-state index contributed by atoms with van der Waals surface area (Å²) in [5.41, 5.74) is 1.96. The number of Topliss-reactive ketones (excluding diaryl/α,β-unsaturated/α-hetero) is 1. The molecule has 0 aromatic heterocycles. The number of aliphatic hydroxyl groups is 4. The van der Waals surface area contributed by atoms with Crippen molar-refractivity contribution >= 4 is 11.8 Å². The van der Waals surface area contributed by atoms with E-state index < -0.39 is 30.0 Å². The van der Waals surface area contributed by atoms with Crippen LogP contribution in [0.4, 0.5) is 0 Å². The van der Waals surface area contributed by atoms with E-state index in [9.17, 15) is 30.0 Å². The second-order valence-electron chi connectivity index (χ2n) is 7.29. The van der Waals surface area contributed by atoms with E-state index in [2.05, 4.69) is 6.92 Å². The molecule has 0 rings (SSSR count). The third-order valence-electron chi connectivity index (χ3n) is 4.69. The maximum atomic E-state index is 11.7. The summed E-state index contributed by atoms with van der Waals surface area (Å²) in [6, 6.07) is 0. The van der Waals surface area contributed by atoms with Crippen molar-refractivity contribution in [2.24, 2.45) is 5.73 Å². The molecule has 0 saturated carbocycles. The topological polar surface area (TPSA) is 161 Å². The van der Waals surface area contributed by atoms with Gasteiger partial charge in [-0.2, -0.15) is 0 Å². The Morgan fingerprint density at radius 3 is 2.04 bits per heavy atom. The second kappa shape index (κ2) is 14.6. The van der Waals surface area contributed by atoms with Gasteiger partial charge in [-0.1, -0.05) is 51.2 Å². The number of rotatable bonds is 17. The molecule has 4 atom stereocenters. The van der Waals surface area contributed by atoms with Gasteiger partial charge in [0.15, 0.2) is 0 Å². The van der Waals surface area contributed by atoms with Crippen LogP contribution in [0, 0.1) is 0 Å². The quantitative estimate of drug-likeness (QED) is 0.120. The smallest absolute Gasteiger partial charge is 0.353 e. The fourth-order valence-corrected chi connectivity index (χ4v) is 2.73. The van der Waals surface area contributed by atoms with Crippen molar-refractivity contribution in [1.29, 1.82) is 0 Å². The van der Waals surface area contributed by atoms with Crippen molar-refractivity contribution in [2.45, 2.75) is 102 Å². The fourth-order valence-electron chi connectivity index (χ4n) is 2.73. The Bertz CT molecular complexity index is 479. The molecule has 4 unspecified atom stereocenters. The predicted molar refractivity (Wildman–Crippen MR) is 105 cm³/mol. The minimum Gasteiger partial charge on any atom is -0.478 e. The van der Waals surface area contributed by atoms with Crippen LogP contribution in [0.3, 0.4) is 0 Å². The Labute approximate surface area is 167 Å². The Balaban J connectivity index is 3.89. The van der Waals surface area contributed by atoms with Crippen LogP contribution in [0.25, 0.3) is 0 Å². The van der Waals surface area contributed by atoms with E-state index in [1.807, 2.05) is 0 Å². The normalized spacial score (nSPS) is 17.2. The highest BCUT2D eigenvalue weighted by atomic mass is 16.4. The van der Waals surface area contributed by atoms with Gasteiger partial charge in [-0.3, -0.25) is 10.5 Å². The summed E-state index contributed by atoms with van der Waals surface area (Å²) >= 11 is 0. The van der Waals surface area contributed by atoms with Crippen LogP contribution >= 0.6 is 0 Å². The molecule has 164 valence electrons. The Morgan fingerprint density at radius 1 is 0.964 bits per heavy atom. The lowest BCUT2D eigenvalue weighted by atomic mass is 9.98. The van der Waals surface area contributed by atoms with Gasteiger partial charge in [-0.15, -0.1) is 0 Å². The number of allylic oxidation sites excluding steroid dienone is 1. The lowest BCUT2D eigenvalue weighted by Crippen LogP contribution is -2.63. The van der Waals surface area contributed by atoms with Gasteiger partial charge in [0.1, 0.15) is 24.1 Å². The molecule has 8 heteroatoms. The Kier molecular flexibility index (Phi) is 14.0. The zero-order valence-electron chi connectivity index (χ0n) is 16.8. The first-order valence-corrected chi connectivity index (χ1v) is 10.1. The number of hydrogen-bond acceptors (Lipinski definition) is 7. The Morgan fingerprint density at radius 2 is 1.50 bits per heavy atom. The van der Waals surface area contributed by atoms with Crippen LogP contribution < -0.4 is 5.73 Å². The van der Waals surface area contributed by atoms with Gasteiger partial charge in [0, 0.05) is 12.8 Å². The standard InChI is InChI=1S/C20H37NO7/c1-2-3-4-9-12-15(22)13-10-7-5-6-8-11-14-16(23)17(24)18(25)20(21,28)19(26)27/h11,14,16-18,23-25,28H,2-10,12-13,21H2,1H3,(H,26,27). The first-order chi connectivity index (χ1) is 13.1. The molecular weight excluding hydrogens is 366 g/mol. The number of carbonyl (C=O) groups excluding carboxylic acids is 1. The van der Waals surface area contributed by atoms with Gasteiger partial charge in [-0.25, -0.2) is 4.79 Å². The van der Waals surface area contributed by atoms with Crippen LogP contribution in [0.1, 0.15) is 77.6 Å². The molecule has 0 spiro atoms. The summed E-state index contributed by atoms with van der Waals surface area (Å²) in [5.74, 6) is -1.58. The first-order valence-electron chi connectivity index (χ1n) is 10.1. The maximum absolute atomic E-state index is 11.7. The molecule has 0 bridgehead atoms. The lowest BCUT2D eigenvalue weighted by Gasteiger charge is -2.29. The van der Waals surface area contributed by atoms with Crippen molar-refractivity contribution < 1.29 is 35.1 Å². The van der Waals surface area contributed by atoms with E-state index in [0.717, 1.165) is 44.9 Å². The monoisotopic (exact) mass is 403 g/mol. The number of hydrogen-bond donors (Lipinski definition) is 6. The minimum atomic E-state index is -3.05. The van der Waals surface area contributed by atoms with Crippen LogP contribution in [-0.4, -0.2) is 61.3 Å². The van der Waals surface area contributed by atoms with Crippen molar-refractivity contribution in [3.8, 4) is 0 Å². The molecule has 0 amide bonds. The number of carboxylic acid groups (broad SMARTS) is 1. The summed E-state index contributed by atoms with van der Waals surface area (Å²) in [5, 5.41) is 47.1. The van der Waals surface area contributed by atoms with Crippen LogP contribution in [0.15, 0.2) is 12.2 Å². The van der Waals surface area contributed by atoms with Gasteiger partial charge in [-0.05, 0) is 25.7 Å². The van der Waals surface area contributed by atoms with E-state index >= 15 is 0 Å². The highest BCUT2D eigenvalue weighted by Gasteiger charge is 2.45. The molecule has 0 saturated heterocycles. The van der Waals surface area contributed by atoms with Crippen LogP contribution in [-0.2, 0) is 9.59 Å². The third-order valence-corrected chi connectivity index (χ3v) is 4.69. The van der Waals surface area contributed by atoms with Crippen LogP contribution in [0.2, 0.25) is 0 Å². The third kappa shape index (κ3) is 10.9. The van der Waals surface area contributed by atoms with Gasteiger partial charge >= 0.3 is 5.97 Å². The summed E-state index contributed by atoms with van der Waals surface area (Å²) < 4.78 is 0. The molecule has 0 aliphatic carbocycles. The Hall–Kier alpha value is -1.32. The van der Waals surface area contributed by atoms with Crippen molar-refractivity contribution in [3.63, 3.8) is 0 Å². The van der Waals surface area contributed by atoms with Gasteiger partial charge in [0.2, 0.25) is 5.72 Å². The SMILES string of the molecule is CCCCCCC(=O)CCCCCCC=CC(O)C(O)C(O)C(N)(O)C(=O)O. The van der Waals surface area contributed by atoms with Crippen molar-refractivity contribution in [1.82, 2.24) is 0 Å². The van der Waals surface area contributed by atoms with Gasteiger partial charge in [0.25, 0.3) is 0 Å². The van der Waals surface area contributed by atoms with Crippen LogP contribution in [0.5, 0.6) is 0 Å². The number of nitrogens with two attached hydrogens (primary N) is 1. The highest BCUT2D eigenvalue weighted by molar-refractivity contribution is 5.78. The predicted octanol–water partition coefficient (Wildman–Crippen LogP) is 1.24. The van der Waals surface area contributed by atoms with Crippen molar-refractivity contribution in [3.05, 3.63) is 12.2 Å². The zero-order chi connectivity index (χ0) is 21.6. The zero-order valence-corrected chi connectivity index (χ0v) is 16.8. The fraction of sp³-hybridized carbons (Fsp3) is 0.800. The van der Waals surface area contributed by atoms with E-state index in [1.54, 1.807) is 6.08 Å². The molecule has 0 aliphatic heterocycles. The molecule has 7 N–H and O–H groups in total. The summed E-state index contributed by atoms with van der Waals surface area (Å²) in [7, 11) is 0. The molecule has 0 aromatic rings. The summed E-state index contributed by atoms with van der Waals surface area (Å²) in [6.07, 6.45) is 7.02. The highest BCUT2D eigenvalue weighted by Crippen LogP contribution is 2.13. The average molecular weight is 404 g/mol. The van der Waals surface area contributed by atoms with E-state index in [4.69, 9.17) is 10.8 Å². The maximum Gasteiger partial charge on any atom is 0.353 e. The van der Waals surface area contributed by atoms with Gasteiger partial charge < -0.3 is 25.5 Å². The second-order valence-corrected chi connectivity index (χ2v) is 7.29. The molecule has 0 radical (unpaired) electrons. The number of aliphatic hydroxyl groups excluding tert-OH is 3. The summed E-state index contributed by atoms with van der Waals surface area (Å²) in [4.78, 5) is 22.4. The van der Waals surface area contributed by atoms with E-state index in [-0.39, 0.29) is 0 Å². The number of ketones is 1. The number of carbonyl (C=O) groups is 2. The van der Waals surface area contributed by atoms with Crippen molar-refractivity contribution in [2.75, 3.05) is 0 Å². The largest absolute Gasteiger partial charge is 0.478 e. The van der Waals surface area contributed by atoms with E-state index in [0.29, 0.717) is 25.0 Å². The first kappa shape index (κ1) is 26.7. The molecular formula is C20H37NO7.